The van der Waals surface area contributed by atoms with Crippen LogP contribution in [0, 0.1) is 5.92 Å². The number of carbonyl (C=O) groups excluding carboxylic acids is 1. The van der Waals surface area contributed by atoms with Gasteiger partial charge in [-0.1, -0.05) is 31.2 Å². The highest BCUT2D eigenvalue weighted by Crippen LogP contribution is 2.13. The number of nitrogens with one attached hydrogen (secondary N) is 1. The summed E-state index contributed by atoms with van der Waals surface area (Å²) >= 11 is 0. The van der Waals surface area contributed by atoms with E-state index < -0.39 is 0 Å². The summed E-state index contributed by atoms with van der Waals surface area (Å²) < 4.78 is 5.37. The van der Waals surface area contributed by atoms with Gasteiger partial charge in [0.25, 0.3) is 0 Å². The fourth-order valence-electron chi connectivity index (χ4n) is 2.35. The maximum atomic E-state index is 11.8. The summed E-state index contributed by atoms with van der Waals surface area (Å²) in [4.78, 5) is 14.2. The zero-order valence-electron chi connectivity index (χ0n) is 12.7. The molecule has 1 aliphatic rings. The number of ether oxygens (including phenoxy) is 1. The number of hydrogen-bond donors (Lipinski definition) is 2. The standard InChI is InChI=1S/C16H25N3O2/c1-13(10-17)16(20)18-11-14-4-2-3-5-15(14)12-19-6-8-21-9-7-19/h2-5,13H,6-12,17H2,1H3,(H,18,20). The second-order valence-electron chi connectivity index (χ2n) is 5.51. The summed E-state index contributed by atoms with van der Waals surface area (Å²) in [6.45, 7) is 7.21. The van der Waals surface area contributed by atoms with E-state index in [1.165, 1.54) is 11.1 Å². The molecule has 1 aromatic carbocycles. The Morgan fingerprint density at radius 3 is 2.67 bits per heavy atom. The lowest BCUT2D eigenvalue weighted by Crippen LogP contribution is -2.36. The number of hydrogen-bond acceptors (Lipinski definition) is 4. The van der Waals surface area contributed by atoms with Crippen LogP contribution in [0.3, 0.4) is 0 Å². The largest absolute Gasteiger partial charge is 0.379 e. The van der Waals surface area contributed by atoms with Crippen molar-refractivity contribution >= 4 is 5.91 Å². The van der Waals surface area contributed by atoms with Crippen LogP contribution in [0.1, 0.15) is 18.1 Å². The molecule has 116 valence electrons. The van der Waals surface area contributed by atoms with Gasteiger partial charge < -0.3 is 15.8 Å². The molecule has 1 atom stereocenters. The van der Waals surface area contributed by atoms with E-state index >= 15 is 0 Å². The molecule has 0 bridgehead atoms. The van der Waals surface area contributed by atoms with Gasteiger partial charge in [0.05, 0.1) is 13.2 Å². The minimum Gasteiger partial charge on any atom is -0.379 e. The summed E-state index contributed by atoms with van der Waals surface area (Å²) in [5, 5.41) is 2.97. The highest BCUT2D eigenvalue weighted by atomic mass is 16.5. The van der Waals surface area contributed by atoms with Gasteiger partial charge in [-0.25, -0.2) is 0 Å². The van der Waals surface area contributed by atoms with Crippen LogP contribution in [-0.4, -0.2) is 43.7 Å². The molecule has 0 spiro atoms. The van der Waals surface area contributed by atoms with Crippen molar-refractivity contribution in [2.75, 3.05) is 32.8 Å². The number of rotatable bonds is 6. The quantitative estimate of drug-likeness (QED) is 0.811. The van der Waals surface area contributed by atoms with Crippen LogP contribution in [0.2, 0.25) is 0 Å². The van der Waals surface area contributed by atoms with E-state index in [-0.39, 0.29) is 11.8 Å². The normalized spacial score (nSPS) is 17.4. The Labute approximate surface area is 126 Å². The molecule has 0 aliphatic carbocycles. The Balaban J connectivity index is 1.94. The molecule has 0 saturated carbocycles. The van der Waals surface area contributed by atoms with Gasteiger partial charge in [-0.2, -0.15) is 0 Å². The number of amides is 1. The van der Waals surface area contributed by atoms with E-state index in [0.717, 1.165) is 32.8 Å². The Kier molecular flexibility index (Phi) is 6.17. The highest BCUT2D eigenvalue weighted by molar-refractivity contribution is 5.78. The topological polar surface area (TPSA) is 67.6 Å². The van der Waals surface area contributed by atoms with Crippen LogP contribution in [0.15, 0.2) is 24.3 Å². The van der Waals surface area contributed by atoms with Gasteiger partial charge in [-0.05, 0) is 11.1 Å². The second-order valence-corrected chi connectivity index (χ2v) is 5.51. The van der Waals surface area contributed by atoms with E-state index in [0.29, 0.717) is 13.1 Å². The minimum absolute atomic E-state index is 0.0127. The lowest BCUT2D eigenvalue weighted by molar-refractivity contribution is -0.124. The molecule has 1 aromatic rings. The minimum atomic E-state index is -0.142. The zero-order chi connectivity index (χ0) is 15.1. The van der Waals surface area contributed by atoms with Crippen LogP contribution < -0.4 is 11.1 Å². The molecule has 1 amide bonds. The van der Waals surface area contributed by atoms with E-state index in [9.17, 15) is 4.79 Å². The first-order valence-electron chi connectivity index (χ1n) is 7.55. The molecule has 1 fully saturated rings. The second kappa shape index (κ2) is 8.12. The molecule has 21 heavy (non-hydrogen) atoms. The maximum absolute atomic E-state index is 11.8. The highest BCUT2D eigenvalue weighted by Gasteiger charge is 2.14. The van der Waals surface area contributed by atoms with Crippen molar-refractivity contribution in [1.82, 2.24) is 10.2 Å². The molecule has 1 unspecified atom stereocenters. The molecular weight excluding hydrogens is 266 g/mol. The molecule has 5 nitrogen and oxygen atoms in total. The molecule has 1 heterocycles. The molecular formula is C16H25N3O2. The lowest BCUT2D eigenvalue weighted by Gasteiger charge is -2.27. The smallest absolute Gasteiger partial charge is 0.224 e. The number of carbonyl (C=O) groups is 1. The van der Waals surface area contributed by atoms with Gasteiger partial charge in [-0.3, -0.25) is 9.69 Å². The fraction of sp³-hybridized carbons (Fsp3) is 0.562. The molecule has 1 saturated heterocycles. The Morgan fingerprint density at radius 1 is 1.33 bits per heavy atom. The van der Waals surface area contributed by atoms with Crippen molar-refractivity contribution in [2.24, 2.45) is 11.7 Å². The molecule has 0 radical (unpaired) electrons. The van der Waals surface area contributed by atoms with Crippen molar-refractivity contribution in [3.05, 3.63) is 35.4 Å². The van der Waals surface area contributed by atoms with Gasteiger partial charge in [0.2, 0.25) is 5.91 Å². The van der Waals surface area contributed by atoms with E-state index in [1.807, 2.05) is 19.1 Å². The molecule has 5 heteroatoms. The maximum Gasteiger partial charge on any atom is 0.224 e. The van der Waals surface area contributed by atoms with Crippen molar-refractivity contribution in [3.8, 4) is 0 Å². The SMILES string of the molecule is CC(CN)C(=O)NCc1ccccc1CN1CCOCC1. The van der Waals surface area contributed by atoms with Crippen molar-refractivity contribution in [1.29, 1.82) is 0 Å². The van der Waals surface area contributed by atoms with Crippen molar-refractivity contribution in [2.45, 2.75) is 20.0 Å². The monoisotopic (exact) mass is 291 g/mol. The van der Waals surface area contributed by atoms with Gasteiger partial charge in [-0.15, -0.1) is 0 Å². The fourth-order valence-corrected chi connectivity index (χ4v) is 2.35. The lowest BCUT2D eigenvalue weighted by atomic mass is 10.1. The third-order valence-electron chi connectivity index (χ3n) is 3.87. The number of nitrogens with two attached hydrogens (primary N) is 1. The molecule has 3 N–H and O–H groups in total. The first-order chi connectivity index (χ1) is 10.2. The van der Waals surface area contributed by atoms with E-state index in [4.69, 9.17) is 10.5 Å². The summed E-state index contributed by atoms with van der Waals surface area (Å²) in [6, 6.07) is 8.26. The van der Waals surface area contributed by atoms with Gasteiger partial charge in [0.15, 0.2) is 0 Å². The van der Waals surface area contributed by atoms with Crippen LogP contribution in [0.25, 0.3) is 0 Å². The first-order valence-corrected chi connectivity index (χ1v) is 7.55. The van der Waals surface area contributed by atoms with Crippen LogP contribution in [-0.2, 0) is 22.6 Å². The summed E-state index contributed by atoms with van der Waals surface area (Å²) in [5.41, 5.74) is 7.95. The van der Waals surface area contributed by atoms with Crippen molar-refractivity contribution < 1.29 is 9.53 Å². The van der Waals surface area contributed by atoms with E-state index in [1.54, 1.807) is 0 Å². The average molecular weight is 291 g/mol. The van der Waals surface area contributed by atoms with Crippen molar-refractivity contribution in [3.63, 3.8) is 0 Å². The third kappa shape index (κ3) is 4.81. The number of nitrogens with zero attached hydrogens (tertiary/aromatic N) is 1. The van der Waals surface area contributed by atoms with Gasteiger partial charge >= 0.3 is 0 Å². The molecule has 2 rings (SSSR count). The zero-order valence-corrected chi connectivity index (χ0v) is 12.7. The van der Waals surface area contributed by atoms with Gasteiger partial charge in [0, 0.05) is 38.6 Å². The third-order valence-corrected chi connectivity index (χ3v) is 3.87. The van der Waals surface area contributed by atoms with Crippen LogP contribution in [0.5, 0.6) is 0 Å². The van der Waals surface area contributed by atoms with Crippen LogP contribution in [0.4, 0.5) is 0 Å². The summed E-state index contributed by atoms with van der Waals surface area (Å²) in [6.07, 6.45) is 0. The molecule has 1 aliphatic heterocycles. The van der Waals surface area contributed by atoms with Crippen LogP contribution >= 0.6 is 0 Å². The molecule has 0 aromatic heterocycles. The van der Waals surface area contributed by atoms with Gasteiger partial charge in [0.1, 0.15) is 0 Å². The predicted molar refractivity (Wildman–Crippen MR) is 82.6 cm³/mol. The Morgan fingerprint density at radius 2 is 2.00 bits per heavy atom. The summed E-state index contributed by atoms with van der Waals surface area (Å²) in [5.74, 6) is -0.130. The number of benzene rings is 1. The number of morpholine rings is 1. The predicted octanol–water partition coefficient (Wildman–Crippen LogP) is 0.730. The van der Waals surface area contributed by atoms with E-state index in [2.05, 4.69) is 22.3 Å². The summed E-state index contributed by atoms with van der Waals surface area (Å²) in [7, 11) is 0. The Hall–Kier alpha value is -1.43. The first kappa shape index (κ1) is 15.9. The average Bonchev–Trinajstić information content (AvgIpc) is 2.54. The Bertz CT molecular complexity index is 459.